The normalized spacial score (nSPS) is 32.4. The van der Waals surface area contributed by atoms with E-state index >= 15 is 0 Å². The number of aromatic nitrogens is 4. The molecule has 0 radical (unpaired) electrons. The maximum absolute atomic E-state index is 14.0. The minimum atomic E-state index is -0.325. The third kappa shape index (κ3) is 3.83. The Hall–Kier alpha value is -2.80. The lowest BCUT2D eigenvalue weighted by Gasteiger charge is -2.55. The highest BCUT2D eigenvalue weighted by atomic mass is 16.1. The number of H-pyrrole nitrogens is 1. The van der Waals surface area contributed by atoms with Crippen LogP contribution in [0.2, 0.25) is 0 Å². The Kier molecular flexibility index (Phi) is 5.57. The second kappa shape index (κ2) is 8.94. The van der Waals surface area contributed by atoms with Gasteiger partial charge in [0.1, 0.15) is 0 Å². The minimum Gasteiger partial charge on any atom is -0.318 e. The number of nitrogens with zero attached hydrogens (tertiary/aromatic N) is 4. The molecule has 7 heteroatoms. The Bertz CT molecular complexity index is 1370. The van der Waals surface area contributed by atoms with Gasteiger partial charge >= 0.3 is 0 Å². The molecule has 2 aliphatic heterocycles. The molecule has 1 N–H and O–H groups in total. The Morgan fingerprint density at radius 2 is 1.50 bits per heavy atom. The number of para-hydroxylation sites is 2. The van der Waals surface area contributed by atoms with Gasteiger partial charge in [-0.05, 0) is 68.9 Å². The molecule has 3 aromatic rings. The smallest absolute Gasteiger partial charge is 0.279 e. The molecule has 7 rings (SSSR count). The van der Waals surface area contributed by atoms with Gasteiger partial charge in [-0.1, -0.05) is 37.8 Å². The first-order chi connectivity index (χ1) is 17.6. The summed E-state index contributed by atoms with van der Waals surface area (Å²) in [6.45, 7) is 0. The average molecular weight is 486 g/mol. The van der Waals surface area contributed by atoms with E-state index in [2.05, 4.69) is 19.9 Å². The van der Waals surface area contributed by atoms with Crippen molar-refractivity contribution in [3.8, 4) is 11.4 Å². The highest BCUT2D eigenvalue weighted by molar-refractivity contribution is 5.77. The van der Waals surface area contributed by atoms with Gasteiger partial charge in [0.25, 0.3) is 11.1 Å². The van der Waals surface area contributed by atoms with Crippen LogP contribution in [0.25, 0.3) is 22.4 Å². The summed E-state index contributed by atoms with van der Waals surface area (Å²) in [7, 11) is 0. The van der Waals surface area contributed by atoms with E-state index in [4.69, 9.17) is 0 Å². The van der Waals surface area contributed by atoms with E-state index in [1.165, 1.54) is 70.2 Å². The summed E-state index contributed by atoms with van der Waals surface area (Å²) in [6, 6.07) is 9.89. The number of nitrogens with one attached hydrogen (secondary N) is 1. The zero-order valence-corrected chi connectivity index (χ0v) is 20.8. The third-order valence-electron chi connectivity index (χ3n) is 9.60. The zero-order valence-electron chi connectivity index (χ0n) is 20.8. The summed E-state index contributed by atoms with van der Waals surface area (Å²) < 4.78 is 2.00. The first-order valence-electron chi connectivity index (χ1n) is 14.0. The summed E-state index contributed by atoms with van der Waals surface area (Å²) in [4.78, 5) is 40.3. The van der Waals surface area contributed by atoms with Crippen LogP contribution in [-0.2, 0) is 0 Å². The van der Waals surface area contributed by atoms with Crippen molar-refractivity contribution in [1.29, 1.82) is 0 Å². The molecule has 4 heterocycles. The van der Waals surface area contributed by atoms with Crippen molar-refractivity contribution < 1.29 is 0 Å². The Morgan fingerprint density at radius 1 is 0.778 bits per heavy atom. The highest BCUT2D eigenvalue weighted by Crippen LogP contribution is 2.47. The molecule has 4 bridgehead atoms. The molecule has 0 spiro atoms. The molecule has 4 aliphatic rings. The van der Waals surface area contributed by atoms with Crippen LogP contribution >= 0.6 is 0 Å². The summed E-state index contributed by atoms with van der Waals surface area (Å²) in [5, 5.41) is 0. The first kappa shape index (κ1) is 22.4. The number of hydrogen-bond donors (Lipinski definition) is 1. The van der Waals surface area contributed by atoms with Gasteiger partial charge in [-0.15, -0.1) is 0 Å². The standard InChI is InChI=1S/C29H35N5O2/c35-27-17-30-16-25(31-27)28-29(36)34(26-10-2-1-9-24(26)32-28)23-14-20-7-4-8-21(15-23)33(20)22-12-18-5-3-6-19(11-18)13-22/h1-2,9-10,16-23H,3-8,11-15H2,(H,31,35)/t18-,19-,20-,21-/m0/s1. The topological polar surface area (TPSA) is 83.9 Å². The van der Waals surface area contributed by atoms with Gasteiger partial charge in [0, 0.05) is 24.2 Å². The lowest BCUT2D eigenvalue weighted by molar-refractivity contribution is -0.0485. The van der Waals surface area contributed by atoms with Gasteiger partial charge in [0.05, 0.1) is 29.1 Å². The van der Waals surface area contributed by atoms with Gasteiger partial charge in [-0.25, -0.2) is 4.98 Å². The van der Waals surface area contributed by atoms with E-state index in [1.54, 1.807) is 0 Å². The van der Waals surface area contributed by atoms with E-state index in [1.807, 2.05) is 28.8 Å². The molecule has 4 fully saturated rings. The van der Waals surface area contributed by atoms with Crippen LogP contribution in [0, 0.1) is 11.8 Å². The monoisotopic (exact) mass is 485 g/mol. The number of aromatic amines is 1. The van der Waals surface area contributed by atoms with Crippen LogP contribution < -0.4 is 11.1 Å². The number of hydrogen-bond acceptors (Lipinski definition) is 5. The lowest BCUT2D eigenvalue weighted by atomic mass is 9.68. The van der Waals surface area contributed by atoms with Crippen LogP contribution in [0.4, 0.5) is 0 Å². The fourth-order valence-electron chi connectivity index (χ4n) is 8.32. The van der Waals surface area contributed by atoms with Gasteiger partial charge < -0.3 is 9.55 Å². The van der Waals surface area contributed by atoms with Gasteiger partial charge in [-0.2, -0.15) is 0 Å². The van der Waals surface area contributed by atoms with Gasteiger partial charge in [0.15, 0.2) is 5.69 Å². The Balaban J connectivity index is 1.27. The van der Waals surface area contributed by atoms with Crippen molar-refractivity contribution in [2.24, 2.45) is 11.8 Å². The molecular formula is C29H35N5O2. The molecule has 2 aromatic heterocycles. The van der Waals surface area contributed by atoms with Crippen LogP contribution in [0.3, 0.4) is 0 Å². The Morgan fingerprint density at radius 3 is 2.25 bits per heavy atom. The van der Waals surface area contributed by atoms with Crippen LogP contribution in [0.5, 0.6) is 0 Å². The van der Waals surface area contributed by atoms with Crippen molar-refractivity contribution in [2.75, 3.05) is 0 Å². The van der Waals surface area contributed by atoms with Crippen LogP contribution in [-0.4, -0.2) is 42.5 Å². The fourth-order valence-corrected chi connectivity index (χ4v) is 8.32. The van der Waals surface area contributed by atoms with E-state index < -0.39 is 0 Å². The molecule has 2 aliphatic carbocycles. The third-order valence-corrected chi connectivity index (χ3v) is 9.60. The molecule has 2 saturated heterocycles. The summed E-state index contributed by atoms with van der Waals surface area (Å²) in [5.74, 6) is 1.86. The van der Waals surface area contributed by atoms with E-state index in [0.29, 0.717) is 17.8 Å². The minimum absolute atomic E-state index is 0.124. The van der Waals surface area contributed by atoms with E-state index in [9.17, 15) is 9.59 Å². The molecule has 188 valence electrons. The maximum Gasteiger partial charge on any atom is 0.279 e. The molecule has 7 nitrogen and oxygen atoms in total. The fraction of sp³-hybridized carbons (Fsp3) is 0.586. The van der Waals surface area contributed by atoms with Gasteiger partial charge in [-0.3, -0.25) is 19.5 Å². The van der Waals surface area contributed by atoms with Crippen molar-refractivity contribution in [2.45, 2.75) is 94.8 Å². The van der Waals surface area contributed by atoms with Crippen molar-refractivity contribution in [3.63, 3.8) is 0 Å². The van der Waals surface area contributed by atoms with Crippen molar-refractivity contribution in [3.05, 3.63) is 57.4 Å². The van der Waals surface area contributed by atoms with Crippen molar-refractivity contribution in [1.82, 2.24) is 24.4 Å². The number of benzene rings is 1. The molecule has 36 heavy (non-hydrogen) atoms. The summed E-state index contributed by atoms with van der Waals surface area (Å²) in [5.41, 5.74) is 1.89. The molecular weight excluding hydrogens is 450 g/mol. The Labute approximate surface area is 211 Å². The second-order valence-corrected chi connectivity index (χ2v) is 11.8. The first-order valence-corrected chi connectivity index (χ1v) is 14.0. The number of rotatable bonds is 3. The zero-order chi connectivity index (χ0) is 24.2. The quantitative estimate of drug-likeness (QED) is 0.583. The largest absolute Gasteiger partial charge is 0.318 e. The van der Waals surface area contributed by atoms with Crippen LogP contribution in [0.15, 0.2) is 46.2 Å². The predicted octanol–water partition coefficient (Wildman–Crippen LogP) is 4.67. The molecule has 4 atom stereocenters. The lowest BCUT2D eigenvalue weighted by Crippen LogP contribution is -2.58. The molecule has 0 unspecified atom stereocenters. The summed E-state index contributed by atoms with van der Waals surface area (Å²) >= 11 is 0. The average Bonchev–Trinajstić information content (AvgIpc) is 2.87. The van der Waals surface area contributed by atoms with Gasteiger partial charge in [0.2, 0.25) is 0 Å². The van der Waals surface area contributed by atoms with Crippen molar-refractivity contribution >= 4 is 11.0 Å². The highest BCUT2D eigenvalue weighted by Gasteiger charge is 2.45. The molecule has 2 saturated carbocycles. The maximum atomic E-state index is 14.0. The van der Waals surface area contributed by atoms with E-state index in [-0.39, 0.29) is 22.9 Å². The summed E-state index contributed by atoms with van der Waals surface area (Å²) in [6.07, 6.45) is 17.0. The molecule has 0 amide bonds. The molecule has 1 aromatic carbocycles. The van der Waals surface area contributed by atoms with E-state index in [0.717, 1.165) is 41.8 Å². The van der Waals surface area contributed by atoms with Crippen LogP contribution in [0.1, 0.15) is 76.7 Å². The number of fused-ring (bicyclic) bond motifs is 5. The SMILES string of the molecule is O=c1cncc(-c2nc3ccccc3n(C3C[C@@H]4CCC[C@@H](C3)N4C3C[C@H]4CCC[C@H](C3)C4)c2=O)[nH]1. The predicted molar refractivity (Wildman–Crippen MR) is 140 cm³/mol. The number of piperidine rings is 2. The second-order valence-electron chi connectivity index (χ2n) is 11.8.